The monoisotopic (exact) mass is 498 g/mol. The second-order valence-corrected chi connectivity index (χ2v) is 11.5. The van der Waals surface area contributed by atoms with Gasteiger partial charge in [-0.3, -0.25) is 14.2 Å². The number of nitrogens with zero attached hydrogens (tertiary/aromatic N) is 5. The number of pyridine rings is 1. The van der Waals surface area contributed by atoms with Crippen LogP contribution in [0.25, 0.3) is 21.3 Å². The molecule has 2 aliphatic heterocycles. The van der Waals surface area contributed by atoms with Crippen LogP contribution in [-0.2, 0) is 23.0 Å². The van der Waals surface area contributed by atoms with Crippen LogP contribution in [0.1, 0.15) is 27.5 Å². The van der Waals surface area contributed by atoms with Gasteiger partial charge in [0.05, 0.1) is 10.3 Å². The molecule has 0 saturated carbocycles. The van der Waals surface area contributed by atoms with Gasteiger partial charge in [-0.25, -0.2) is 18.4 Å². The highest BCUT2D eigenvalue weighted by Crippen LogP contribution is 2.31. The van der Waals surface area contributed by atoms with Gasteiger partial charge in [0, 0.05) is 56.9 Å². The van der Waals surface area contributed by atoms with E-state index in [1.54, 1.807) is 34.7 Å². The lowest BCUT2D eigenvalue weighted by molar-refractivity contribution is 0.0702. The fourth-order valence-corrected chi connectivity index (χ4v) is 7.57. The predicted molar refractivity (Wildman–Crippen MR) is 128 cm³/mol. The quantitative estimate of drug-likeness (QED) is 0.459. The number of amides is 1. The number of carbonyl (C=O) groups is 1. The van der Waals surface area contributed by atoms with Crippen molar-refractivity contribution in [1.82, 2.24) is 28.7 Å². The van der Waals surface area contributed by atoms with Crippen molar-refractivity contribution >= 4 is 48.5 Å². The number of fused-ring (bicyclic) bond motifs is 3. The number of piperazine rings is 1. The summed E-state index contributed by atoms with van der Waals surface area (Å²) in [5, 5.41) is 1.07. The highest BCUT2D eigenvalue weighted by molar-refractivity contribution is 7.89. The minimum absolute atomic E-state index is 0.0746. The Labute approximate surface area is 198 Å². The Morgan fingerprint density at radius 1 is 1.18 bits per heavy atom. The molecule has 176 valence electrons. The number of rotatable bonds is 3. The largest absolute Gasteiger partial charge is 0.345 e. The molecule has 12 heteroatoms. The van der Waals surface area contributed by atoms with Gasteiger partial charge in [-0.15, -0.1) is 11.3 Å². The number of sulfonamides is 1. The van der Waals surface area contributed by atoms with Gasteiger partial charge in [-0.2, -0.15) is 4.31 Å². The third kappa shape index (κ3) is 3.12. The number of nitrogens with one attached hydrogen (secondary N) is 1. The summed E-state index contributed by atoms with van der Waals surface area (Å²) in [5.74, 6) is 0.599. The van der Waals surface area contributed by atoms with Gasteiger partial charge in [0.2, 0.25) is 10.0 Å². The van der Waals surface area contributed by atoms with Gasteiger partial charge in [0.15, 0.2) is 0 Å². The summed E-state index contributed by atoms with van der Waals surface area (Å²) in [6, 6.07) is 3.43. The molecule has 1 saturated heterocycles. The Kier molecular flexibility index (Phi) is 4.87. The molecule has 0 aromatic carbocycles. The summed E-state index contributed by atoms with van der Waals surface area (Å²) in [5.41, 5.74) is 1.10. The summed E-state index contributed by atoms with van der Waals surface area (Å²) < 4.78 is 29.6. The van der Waals surface area contributed by atoms with E-state index < -0.39 is 10.0 Å². The molecule has 0 radical (unpaired) electrons. The molecule has 4 aromatic heterocycles. The number of hydrogen-bond donors (Lipinski definition) is 1. The Hall–Kier alpha value is -3.09. The first-order chi connectivity index (χ1) is 16.4. The standard InChI is InChI=1S/C22H22N6O4S2/c1-13-17-20(25-16-5-3-7-28(16)21(17)29)33-18(13)22(30)26-8-10-27(11-9-26)34(31,32)15-12-24-19-14(15)4-2-6-23-19/h2,4,6,12H,3,5,7-11H2,1H3,(H,23,24). The Balaban J connectivity index is 1.24. The average Bonchev–Trinajstić information content (AvgIpc) is 3.56. The topological polar surface area (TPSA) is 121 Å². The Bertz CT molecular complexity index is 1630. The van der Waals surface area contributed by atoms with E-state index in [0.29, 0.717) is 38.2 Å². The van der Waals surface area contributed by atoms with Gasteiger partial charge < -0.3 is 9.88 Å². The van der Waals surface area contributed by atoms with Gasteiger partial charge in [0.1, 0.15) is 21.2 Å². The van der Waals surface area contributed by atoms with E-state index >= 15 is 0 Å². The maximum Gasteiger partial charge on any atom is 0.264 e. The second-order valence-electron chi connectivity index (χ2n) is 8.57. The molecule has 0 bridgehead atoms. The Morgan fingerprint density at radius 2 is 1.97 bits per heavy atom. The number of aromatic nitrogens is 4. The van der Waals surface area contributed by atoms with Crippen molar-refractivity contribution in [2.45, 2.75) is 31.2 Å². The van der Waals surface area contributed by atoms with E-state index in [-0.39, 0.29) is 42.5 Å². The van der Waals surface area contributed by atoms with Crippen LogP contribution in [0.3, 0.4) is 0 Å². The van der Waals surface area contributed by atoms with Crippen LogP contribution in [0, 0.1) is 6.92 Å². The van der Waals surface area contributed by atoms with Crippen LogP contribution in [0.2, 0.25) is 0 Å². The van der Waals surface area contributed by atoms with Gasteiger partial charge >= 0.3 is 0 Å². The Morgan fingerprint density at radius 3 is 2.76 bits per heavy atom. The van der Waals surface area contributed by atoms with Crippen molar-refractivity contribution in [3.63, 3.8) is 0 Å². The minimum atomic E-state index is -3.73. The van der Waals surface area contributed by atoms with E-state index in [4.69, 9.17) is 0 Å². The van der Waals surface area contributed by atoms with Gasteiger partial charge in [0.25, 0.3) is 11.5 Å². The molecule has 1 fully saturated rings. The van der Waals surface area contributed by atoms with Crippen molar-refractivity contribution in [1.29, 1.82) is 0 Å². The number of thiophene rings is 1. The first-order valence-corrected chi connectivity index (χ1v) is 13.4. The molecule has 0 aliphatic carbocycles. The SMILES string of the molecule is Cc1c(C(=O)N2CCN(S(=O)(=O)c3c[nH]c4ncccc34)CC2)sc2nc3n(c(=O)c12)CCC3. The zero-order chi connectivity index (χ0) is 23.6. The molecule has 34 heavy (non-hydrogen) atoms. The fourth-order valence-electron chi connectivity index (χ4n) is 4.84. The molecule has 10 nitrogen and oxygen atoms in total. The van der Waals surface area contributed by atoms with Crippen molar-refractivity contribution < 1.29 is 13.2 Å². The lowest BCUT2D eigenvalue weighted by Crippen LogP contribution is -2.50. The third-order valence-electron chi connectivity index (χ3n) is 6.66. The van der Waals surface area contributed by atoms with Gasteiger partial charge in [-0.05, 0) is 31.0 Å². The number of hydrogen-bond acceptors (Lipinski definition) is 7. The van der Waals surface area contributed by atoms with E-state index in [9.17, 15) is 18.0 Å². The number of aromatic amines is 1. The normalized spacial score (nSPS) is 17.0. The molecule has 1 N–H and O–H groups in total. The maximum atomic E-state index is 13.3. The predicted octanol–water partition coefficient (Wildman–Crippen LogP) is 1.74. The number of carbonyl (C=O) groups excluding carboxylic acids is 1. The van der Waals surface area contributed by atoms with E-state index in [2.05, 4.69) is 15.0 Å². The van der Waals surface area contributed by atoms with Crippen LogP contribution in [0.5, 0.6) is 0 Å². The van der Waals surface area contributed by atoms with Crippen LogP contribution >= 0.6 is 11.3 Å². The molecule has 2 aliphatic rings. The molecular formula is C22H22N6O4S2. The molecule has 4 aromatic rings. The lowest BCUT2D eigenvalue weighted by Gasteiger charge is -2.33. The molecule has 6 rings (SSSR count). The highest BCUT2D eigenvalue weighted by Gasteiger charge is 2.33. The maximum absolute atomic E-state index is 13.3. The molecule has 6 heterocycles. The molecular weight excluding hydrogens is 476 g/mol. The molecule has 0 spiro atoms. The number of H-pyrrole nitrogens is 1. The fraction of sp³-hybridized carbons (Fsp3) is 0.364. The zero-order valence-corrected chi connectivity index (χ0v) is 20.1. The van der Waals surface area contributed by atoms with E-state index in [1.165, 1.54) is 21.8 Å². The van der Waals surface area contributed by atoms with Crippen molar-refractivity contribution in [2.75, 3.05) is 26.2 Å². The second kappa shape index (κ2) is 7.72. The van der Waals surface area contributed by atoms with Crippen LogP contribution in [0.15, 0.2) is 34.2 Å². The first-order valence-electron chi connectivity index (χ1n) is 11.1. The van der Waals surface area contributed by atoms with Crippen molar-refractivity contribution in [3.8, 4) is 0 Å². The minimum Gasteiger partial charge on any atom is -0.345 e. The summed E-state index contributed by atoms with van der Waals surface area (Å²) >= 11 is 1.25. The van der Waals surface area contributed by atoms with Crippen LogP contribution < -0.4 is 5.56 Å². The smallest absolute Gasteiger partial charge is 0.264 e. The summed E-state index contributed by atoms with van der Waals surface area (Å²) in [7, 11) is -3.73. The van der Waals surface area contributed by atoms with E-state index in [1.807, 2.05) is 0 Å². The zero-order valence-electron chi connectivity index (χ0n) is 18.4. The van der Waals surface area contributed by atoms with Crippen LogP contribution in [0.4, 0.5) is 0 Å². The summed E-state index contributed by atoms with van der Waals surface area (Å²) in [6.45, 7) is 3.40. The molecule has 1 amide bonds. The number of aryl methyl sites for hydroxylation is 2. The third-order valence-corrected chi connectivity index (χ3v) is 9.77. The molecule has 0 unspecified atom stereocenters. The average molecular weight is 499 g/mol. The lowest BCUT2D eigenvalue weighted by atomic mass is 10.2. The summed E-state index contributed by atoms with van der Waals surface area (Å²) in [4.78, 5) is 40.9. The first kappa shape index (κ1) is 21.4. The van der Waals surface area contributed by atoms with Crippen molar-refractivity contribution in [3.05, 3.63) is 51.1 Å². The van der Waals surface area contributed by atoms with Crippen LogP contribution in [-0.4, -0.2) is 69.2 Å². The van der Waals surface area contributed by atoms with Crippen molar-refractivity contribution in [2.24, 2.45) is 0 Å². The highest BCUT2D eigenvalue weighted by atomic mass is 32.2. The van der Waals surface area contributed by atoms with E-state index in [0.717, 1.165) is 18.7 Å². The summed E-state index contributed by atoms with van der Waals surface area (Å²) in [6.07, 6.45) is 4.75. The molecule has 0 atom stereocenters. The van der Waals surface area contributed by atoms with Gasteiger partial charge in [-0.1, -0.05) is 0 Å².